The van der Waals surface area contributed by atoms with Crippen molar-refractivity contribution in [2.75, 3.05) is 6.61 Å². The van der Waals surface area contributed by atoms with Gasteiger partial charge in [0.05, 0.1) is 18.4 Å². The van der Waals surface area contributed by atoms with Gasteiger partial charge in [0.2, 0.25) is 0 Å². The number of esters is 1. The van der Waals surface area contributed by atoms with Gasteiger partial charge in [-0.3, -0.25) is 0 Å². The summed E-state index contributed by atoms with van der Waals surface area (Å²) in [6, 6.07) is 14.1. The lowest BCUT2D eigenvalue weighted by atomic mass is 10.0. The third-order valence-corrected chi connectivity index (χ3v) is 5.21. The van der Waals surface area contributed by atoms with E-state index in [1.807, 2.05) is 18.2 Å². The number of allylic oxidation sites excluding steroid dienone is 1. The molecule has 0 heterocycles. The molecule has 0 fully saturated rings. The highest BCUT2D eigenvalue weighted by Gasteiger charge is 2.09. The third kappa shape index (κ3) is 9.73. The number of carbonyl (C=O) groups excluding carboxylic acids is 1. The van der Waals surface area contributed by atoms with Crippen LogP contribution in [0.5, 0.6) is 17.2 Å². The Labute approximate surface area is 187 Å². The molecule has 31 heavy (non-hydrogen) atoms. The number of unbranched alkanes of at least 4 members (excludes halogenated alkanes) is 3. The number of benzene rings is 2. The zero-order chi connectivity index (χ0) is 22.3. The fourth-order valence-electron chi connectivity index (χ4n) is 2.97. The van der Waals surface area contributed by atoms with Gasteiger partial charge in [-0.1, -0.05) is 40.0 Å². The Morgan fingerprint density at radius 1 is 0.903 bits per heavy atom. The first-order valence-electron chi connectivity index (χ1n) is 11.5. The molecule has 0 amide bonds. The molecule has 2 aromatic rings. The first kappa shape index (κ1) is 24.5. The topological polar surface area (TPSA) is 44.8 Å². The summed E-state index contributed by atoms with van der Waals surface area (Å²) < 4.78 is 16.8. The van der Waals surface area contributed by atoms with Crippen LogP contribution in [0.15, 0.2) is 60.9 Å². The molecular formula is C27H36O4. The summed E-state index contributed by atoms with van der Waals surface area (Å²) in [6.07, 6.45) is 11.8. The van der Waals surface area contributed by atoms with Crippen molar-refractivity contribution in [2.45, 2.75) is 65.7 Å². The molecule has 0 aliphatic heterocycles. The molecule has 0 aliphatic carbocycles. The molecule has 2 aromatic carbocycles. The van der Waals surface area contributed by atoms with E-state index in [0.29, 0.717) is 23.7 Å². The number of rotatable bonds is 14. The van der Waals surface area contributed by atoms with Gasteiger partial charge in [0.15, 0.2) is 0 Å². The molecule has 1 unspecified atom stereocenters. The van der Waals surface area contributed by atoms with Crippen molar-refractivity contribution in [3.63, 3.8) is 0 Å². The summed E-state index contributed by atoms with van der Waals surface area (Å²) >= 11 is 0. The summed E-state index contributed by atoms with van der Waals surface area (Å²) in [4.78, 5) is 12.4. The van der Waals surface area contributed by atoms with E-state index in [1.165, 1.54) is 32.1 Å². The second-order valence-electron chi connectivity index (χ2n) is 7.87. The van der Waals surface area contributed by atoms with Gasteiger partial charge >= 0.3 is 5.97 Å². The van der Waals surface area contributed by atoms with Gasteiger partial charge in [-0.15, -0.1) is 0 Å². The third-order valence-electron chi connectivity index (χ3n) is 5.21. The Kier molecular flexibility index (Phi) is 11.3. The number of hydrogen-bond acceptors (Lipinski definition) is 4. The Morgan fingerprint density at radius 2 is 1.58 bits per heavy atom. The molecule has 168 valence electrons. The van der Waals surface area contributed by atoms with Crippen molar-refractivity contribution in [3.05, 3.63) is 66.4 Å². The minimum atomic E-state index is -0.399. The minimum Gasteiger partial charge on any atom is -0.494 e. The van der Waals surface area contributed by atoms with Crippen LogP contribution in [-0.4, -0.2) is 12.6 Å². The average molecular weight is 425 g/mol. The Hall–Kier alpha value is -2.75. The molecule has 0 aliphatic rings. The summed E-state index contributed by atoms with van der Waals surface area (Å²) in [6.45, 7) is 7.36. The SMILES string of the molecule is CCCCCC=COc1ccc(C(=O)Oc2ccc(OCCCC(C)CC)cc2)cc1. The summed E-state index contributed by atoms with van der Waals surface area (Å²) in [5.41, 5.74) is 0.477. The smallest absolute Gasteiger partial charge is 0.343 e. The fourth-order valence-corrected chi connectivity index (χ4v) is 2.97. The van der Waals surface area contributed by atoms with E-state index in [0.717, 1.165) is 24.5 Å². The van der Waals surface area contributed by atoms with E-state index in [-0.39, 0.29) is 0 Å². The van der Waals surface area contributed by atoms with E-state index in [1.54, 1.807) is 42.7 Å². The van der Waals surface area contributed by atoms with Crippen LogP contribution < -0.4 is 14.2 Å². The highest BCUT2D eigenvalue weighted by Crippen LogP contribution is 2.20. The molecule has 4 nitrogen and oxygen atoms in total. The molecule has 0 saturated heterocycles. The molecule has 0 N–H and O–H groups in total. The summed E-state index contributed by atoms with van der Waals surface area (Å²) in [5, 5.41) is 0. The van der Waals surface area contributed by atoms with E-state index >= 15 is 0 Å². The van der Waals surface area contributed by atoms with Gasteiger partial charge in [0.25, 0.3) is 0 Å². The minimum absolute atomic E-state index is 0.399. The van der Waals surface area contributed by atoms with Crippen molar-refractivity contribution in [3.8, 4) is 17.2 Å². The van der Waals surface area contributed by atoms with Crippen molar-refractivity contribution in [1.82, 2.24) is 0 Å². The second kappa shape index (κ2) is 14.3. The zero-order valence-corrected chi connectivity index (χ0v) is 19.1. The van der Waals surface area contributed by atoms with Gasteiger partial charge in [-0.05, 0) is 86.2 Å². The van der Waals surface area contributed by atoms with Crippen LogP contribution in [-0.2, 0) is 0 Å². The highest BCUT2D eigenvalue weighted by molar-refractivity contribution is 5.91. The van der Waals surface area contributed by atoms with Gasteiger partial charge in [-0.25, -0.2) is 4.79 Å². The highest BCUT2D eigenvalue weighted by atomic mass is 16.5. The Balaban J connectivity index is 1.75. The summed E-state index contributed by atoms with van der Waals surface area (Å²) in [5.74, 6) is 2.31. The molecule has 0 spiro atoms. The van der Waals surface area contributed by atoms with Crippen LogP contribution >= 0.6 is 0 Å². The van der Waals surface area contributed by atoms with Crippen molar-refractivity contribution >= 4 is 5.97 Å². The van der Waals surface area contributed by atoms with Gasteiger partial charge in [0, 0.05) is 0 Å². The zero-order valence-electron chi connectivity index (χ0n) is 19.1. The van der Waals surface area contributed by atoms with Crippen LogP contribution in [0.25, 0.3) is 0 Å². The number of hydrogen-bond donors (Lipinski definition) is 0. The Bertz CT molecular complexity index is 778. The maximum atomic E-state index is 12.4. The molecule has 1 atom stereocenters. The van der Waals surface area contributed by atoms with E-state index < -0.39 is 5.97 Å². The number of carbonyl (C=O) groups is 1. The van der Waals surface area contributed by atoms with E-state index in [9.17, 15) is 4.79 Å². The fraction of sp³-hybridized carbons (Fsp3) is 0.444. The predicted octanol–water partition coefficient (Wildman–Crippen LogP) is 7.58. The second-order valence-corrected chi connectivity index (χ2v) is 7.87. The lowest BCUT2D eigenvalue weighted by Crippen LogP contribution is -2.08. The quantitative estimate of drug-likeness (QED) is 0.136. The van der Waals surface area contributed by atoms with Crippen LogP contribution in [0.1, 0.15) is 76.1 Å². The standard InChI is InChI=1S/C27H36O4/c1-4-6-7-8-9-20-29-24-14-12-23(13-15-24)27(28)31-26-18-16-25(17-19-26)30-21-10-11-22(3)5-2/h9,12-20,22H,4-8,10-11,21H2,1-3H3. The van der Waals surface area contributed by atoms with Gasteiger partial charge < -0.3 is 14.2 Å². The summed E-state index contributed by atoms with van der Waals surface area (Å²) in [7, 11) is 0. The van der Waals surface area contributed by atoms with Crippen LogP contribution in [0.2, 0.25) is 0 Å². The molecule has 2 rings (SSSR count). The van der Waals surface area contributed by atoms with Gasteiger partial charge in [-0.2, -0.15) is 0 Å². The van der Waals surface area contributed by atoms with Crippen LogP contribution in [0, 0.1) is 5.92 Å². The predicted molar refractivity (Wildman–Crippen MR) is 126 cm³/mol. The lowest BCUT2D eigenvalue weighted by molar-refractivity contribution is 0.0734. The maximum absolute atomic E-state index is 12.4. The lowest BCUT2D eigenvalue weighted by Gasteiger charge is -2.10. The van der Waals surface area contributed by atoms with Crippen molar-refractivity contribution in [2.24, 2.45) is 5.92 Å². The van der Waals surface area contributed by atoms with E-state index in [2.05, 4.69) is 20.8 Å². The molecule has 0 radical (unpaired) electrons. The van der Waals surface area contributed by atoms with Crippen LogP contribution in [0.4, 0.5) is 0 Å². The molecular weight excluding hydrogens is 388 g/mol. The molecule has 0 aromatic heterocycles. The van der Waals surface area contributed by atoms with Crippen LogP contribution in [0.3, 0.4) is 0 Å². The first-order chi connectivity index (χ1) is 15.1. The van der Waals surface area contributed by atoms with E-state index in [4.69, 9.17) is 14.2 Å². The van der Waals surface area contributed by atoms with Gasteiger partial charge in [0.1, 0.15) is 17.2 Å². The molecule has 0 bridgehead atoms. The Morgan fingerprint density at radius 3 is 2.26 bits per heavy atom. The number of ether oxygens (including phenoxy) is 3. The van der Waals surface area contributed by atoms with Crippen molar-refractivity contribution in [1.29, 1.82) is 0 Å². The normalized spacial score (nSPS) is 12.0. The molecule has 0 saturated carbocycles. The molecule has 4 heteroatoms. The largest absolute Gasteiger partial charge is 0.494 e. The average Bonchev–Trinajstić information content (AvgIpc) is 2.80. The monoisotopic (exact) mass is 424 g/mol. The maximum Gasteiger partial charge on any atom is 0.343 e. The van der Waals surface area contributed by atoms with Crippen molar-refractivity contribution < 1.29 is 19.0 Å². The first-order valence-corrected chi connectivity index (χ1v) is 11.5.